The number of Topliss-reactive ketones (excluding diaryl/α,β-unsaturated/α-hetero) is 1. The maximum absolute atomic E-state index is 12.7. The molecule has 0 aromatic heterocycles. The number of hydrogen-bond donors (Lipinski definition) is 1. The maximum Gasteiger partial charge on any atom is 0.361 e. The molecular weight excluding hydrogens is 366 g/mol. The SMILES string of the molecule is CCOC(=O)/C(=N\Nc1ccc(C(C)=O)cc1)C1=NC(C)(C)Cc2ccccc21. The van der Waals surface area contributed by atoms with Gasteiger partial charge in [0.05, 0.1) is 17.8 Å². The lowest BCUT2D eigenvalue weighted by molar-refractivity contribution is -0.134. The molecule has 150 valence electrons. The first-order chi connectivity index (χ1) is 13.8. The molecule has 2 aromatic rings. The van der Waals surface area contributed by atoms with Crippen LogP contribution in [0.25, 0.3) is 0 Å². The number of carbonyl (C=O) groups is 2. The van der Waals surface area contributed by atoms with Crippen molar-refractivity contribution in [1.29, 1.82) is 0 Å². The van der Waals surface area contributed by atoms with Crippen molar-refractivity contribution in [2.24, 2.45) is 10.1 Å². The van der Waals surface area contributed by atoms with Crippen LogP contribution >= 0.6 is 0 Å². The number of carbonyl (C=O) groups excluding carboxylic acids is 2. The molecule has 1 aliphatic rings. The fourth-order valence-electron chi connectivity index (χ4n) is 3.25. The van der Waals surface area contributed by atoms with Gasteiger partial charge in [-0.3, -0.25) is 15.2 Å². The third-order valence-electron chi connectivity index (χ3n) is 4.59. The molecule has 0 radical (unpaired) electrons. The number of esters is 1. The van der Waals surface area contributed by atoms with Gasteiger partial charge in [0.15, 0.2) is 11.5 Å². The molecule has 1 N–H and O–H groups in total. The van der Waals surface area contributed by atoms with Gasteiger partial charge in [-0.25, -0.2) is 4.79 Å². The summed E-state index contributed by atoms with van der Waals surface area (Å²) in [6, 6.07) is 14.8. The number of ether oxygens (including phenoxy) is 1. The second-order valence-corrected chi connectivity index (χ2v) is 7.53. The summed E-state index contributed by atoms with van der Waals surface area (Å²) in [5.41, 5.74) is 6.44. The van der Waals surface area contributed by atoms with Crippen molar-refractivity contribution in [3.63, 3.8) is 0 Å². The topological polar surface area (TPSA) is 80.1 Å². The zero-order valence-corrected chi connectivity index (χ0v) is 17.2. The van der Waals surface area contributed by atoms with E-state index in [1.54, 1.807) is 31.2 Å². The number of nitrogens with zero attached hydrogens (tertiary/aromatic N) is 2. The molecule has 0 saturated carbocycles. The average molecular weight is 391 g/mol. The minimum Gasteiger partial charge on any atom is -0.461 e. The number of benzene rings is 2. The first-order valence-electron chi connectivity index (χ1n) is 9.61. The van der Waals surface area contributed by atoms with Crippen LogP contribution in [0.3, 0.4) is 0 Å². The smallest absolute Gasteiger partial charge is 0.361 e. The molecule has 3 rings (SSSR count). The fourth-order valence-corrected chi connectivity index (χ4v) is 3.25. The standard InChI is InChI=1S/C23H25N3O3/c1-5-29-22(28)21(26-25-18-12-10-16(11-13-18)15(2)27)20-19-9-7-6-8-17(19)14-23(3,4)24-20/h6-13,25H,5,14H2,1-4H3/b26-21-. The molecule has 6 nitrogen and oxygen atoms in total. The summed E-state index contributed by atoms with van der Waals surface area (Å²) in [4.78, 5) is 29.0. The van der Waals surface area contributed by atoms with E-state index < -0.39 is 5.97 Å². The largest absolute Gasteiger partial charge is 0.461 e. The first kappa shape index (κ1) is 20.5. The number of nitrogens with one attached hydrogen (secondary N) is 1. The number of anilines is 1. The Morgan fingerprint density at radius 3 is 2.48 bits per heavy atom. The summed E-state index contributed by atoms with van der Waals surface area (Å²) in [5.74, 6) is -0.547. The Labute approximate surface area is 170 Å². The Morgan fingerprint density at radius 2 is 1.83 bits per heavy atom. The van der Waals surface area contributed by atoms with E-state index in [0.29, 0.717) is 17.0 Å². The van der Waals surface area contributed by atoms with Gasteiger partial charge in [0, 0.05) is 11.1 Å². The molecule has 29 heavy (non-hydrogen) atoms. The van der Waals surface area contributed by atoms with Crippen LogP contribution in [0.5, 0.6) is 0 Å². The van der Waals surface area contributed by atoms with Crippen molar-refractivity contribution in [2.45, 2.75) is 39.7 Å². The second-order valence-electron chi connectivity index (χ2n) is 7.53. The third kappa shape index (κ3) is 4.77. The molecule has 1 aliphatic heterocycles. The number of hydrogen-bond acceptors (Lipinski definition) is 6. The van der Waals surface area contributed by atoms with E-state index in [1.807, 2.05) is 38.1 Å². The Morgan fingerprint density at radius 1 is 1.14 bits per heavy atom. The molecule has 1 heterocycles. The van der Waals surface area contributed by atoms with Gasteiger partial charge in [-0.05, 0) is 63.9 Å². The highest BCUT2D eigenvalue weighted by molar-refractivity contribution is 6.69. The van der Waals surface area contributed by atoms with Gasteiger partial charge in [-0.15, -0.1) is 0 Å². The number of fused-ring (bicyclic) bond motifs is 1. The van der Waals surface area contributed by atoms with Crippen LogP contribution < -0.4 is 5.43 Å². The van der Waals surface area contributed by atoms with Crippen LogP contribution in [0.2, 0.25) is 0 Å². The quantitative estimate of drug-likeness (QED) is 0.349. The molecule has 6 heteroatoms. The van der Waals surface area contributed by atoms with Crippen molar-refractivity contribution in [2.75, 3.05) is 12.0 Å². The Hall–Kier alpha value is -3.28. The van der Waals surface area contributed by atoms with E-state index >= 15 is 0 Å². The molecule has 0 unspecified atom stereocenters. The summed E-state index contributed by atoms with van der Waals surface area (Å²) in [6.45, 7) is 7.56. The molecule has 0 aliphatic carbocycles. The summed E-state index contributed by atoms with van der Waals surface area (Å²) in [7, 11) is 0. The molecule has 0 fully saturated rings. The van der Waals surface area contributed by atoms with Crippen molar-refractivity contribution < 1.29 is 14.3 Å². The molecule has 0 amide bonds. The minimum atomic E-state index is -0.536. The van der Waals surface area contributed by atoms with Crippen molar-refractivity contribution in [3.05, 3.63) is 65.2 Å². The van der Waals surface area contributed by atoms with Crippen molar-refractivity contribution in [1.82, 2.24) is 0 Å². The molecule has 0 saturated heterocycles. The Kier molecular flexibility index (Phi) is 5.92. The minimum absolute atomic E-state index is 0.0114. The van der Waals surface area contributed by atoms with Crippen LogP contribution in [0.4, 0.5) is 5.69 Å². The highest BCUT2D eigenvalue weighted by Crippen LogP contribution is 2.27. The Bertz CT molecular complexity index is 989. The van der Waals surface area contributed by atoms with Crippen molar-refractivity contribution in [3.8, 4) is 0 Å². The maximum atomic E-state index is 12.7. The average Bonchev–Trinajstić information content (AvgIpc) is 2.67. The molecule has 0 atom stereocenters. The fraction of sp³-hybridized carbons (Fsp3) is 0.304. The summed E-state index contributed by atoms with van der Waals surface area (Å²) in [5, 5.41) is 4.35. The van der Waals surface area contributed by atoms with E-state index in [1.165, 1.54) is 6.92 Å². The second kappa shape index (κ2) is 8.39. The van der Waals surface area contributed by atoms with Gasteiger partial charge < -0.3 is 4.74 Å². The first-order valence-corrected chi connectivity index (χ1v) is 9.61. The molecule has 2 aromatic carbocycles. The lowest BCUT2D eigenvalue weighted by Gasteiger charge is -2.29. The zero-order chi connectivity index (χ0) is 21.0. The number of hydrazone groups is 1. The lowest BCUT2D eigenvalue weighted by atomic mass is 9.85. The molecule has 0 bridgehead atoms. The van der Waals surface area contributed by atoms with E-state index in [9.17, 15) is 9.59 Å². The monoisotopic (exact) mass is 391 g/mol. The predicted molar refractivity (Wildman–Crippen MR) is 115 cm³/mol. The van der Waals surface area contributed by atoms with Gasteiger partial charge in [0.2, 0.25) is 0 Å². The van der Waals surface area contributed by atoms with Gasteiger partial charge >= 0.3 is 5.97 Å². The predicted octanol–water partition coefficient (Wildman–Crippen LogP) is 4.04. The van der Waals surface area contributed by atoms with E-state index in [0.717, 1.165) is 17.5 Å². The van der Waals surface area contributed by atoms with Crippen LogP contribution in [0.1, 0.15) is 49.2 Å². The van der Waals surface area contributed by atoms with Crippen LogP contribution in [0.15, 0.2) is 58.6 Å². The third-order valence-corrected chi connectivity index (χ3v) is 4.59. The molecular formula is C23H25N3O3. The number of ketones is 1. The summed E-state index contributed by atoms with van der Waals surface area (Å²) >= 11 is 0. The van der Waals surface area contributed by atoms with E-state index in [2.05, 4.69) is 10.5 Å². The van der Waals surface area contributed by atoms with Gasteiger partial charge in [-0.2, -0.15) is 5.10 Å². The highest BCUT2D eigenvalue weighted by Gasteiger charge is 2.32. The van der Waals surface area contributed by atoms with Gasteiger partial charge in [-0.1, -0.05) is 24.3 Å². The van der Waals surface area contributed by atoms with E-state index in [-0.39, 0.29) is 23.6 Å². The van der Waals surface area contributed by atoms with Gasteiger partial charge in [0.1, 0.15) is 5.71 Å². The van der Waals surface area contributed by atoms with Crippen molar-refractivity contribution >= 4 is 28.9 Å². The Balaban J connectivity index is 2.01. The summed E-state index contributed by atoms with van der Waals surface area (Å²) in [6.07, 6.45) is 0.780. The van der Waals surface area contributed by atoms with Crippen LogP contribution in [-0.2, 0) is 16.0 Å². The van der Waals surface area contributed by atoms with Crippen LogP contribution in [0, 0.1) is 0 Å². The van der Waals surface area contributed by atoms with E-state index in [4.69, 9.17) is 9.73 Å². The lowest BCUT2D eigenvalue weighted by Crippen LogP contribution is -2.36. The van der Waals surface area contributed by atoms with Crippen LogP contribution in [-0.4, -0.2) is 35.3 Å². The number of aliphatic imine (C=N–C) groups is 1. The zero-order valence-electron chi connectivity index (χ0n) is 17.2. The van der Waals surface area contributed by atoms with Gasteiger partial charge in [0.25, 0.3) is 0 Å². The number of rotatable bonds is 6. The summed E-state index contributed by atoms with van der Waals surface area (Å²) < 4.78 is 5.24. The molecule has 0 spiro atoms. The highest BCUT2D eigenvalue weighted by atomic mass is 16.5. The normalized spacial score (nSPS) is 15.2.